The highest BCUT2D eigenvalue weighted by molar-refractivity contribution is 5.90. The molecule has 128 valence electrons. The fraction of sp³-hybridized carbons (Fsp3) is 0.263. The van der Waals surface area contributed by atoms with Crippen LogP contribution in [0.5, 0.6) is 0 Å². The number of benzene rings is 2. The van der Waals surface area contributed by atoms with Crippen LogP contribution in [-0.2, 0) is 17.8 Å². The molecule has 0 bridgehead atoms. The molecule has 0 aliphatic rings. The summed E-state index contributed by atoms with van der Waals surface area (Å²) in [4.78, 5) is 24.5. The van der Waals surface area contributed by atoms with Gasteiger partial charge in [-0.05, 0) is 42.7 Å². The first-order valence-corrected chi connectivity index (χ1v) is 8.38. The lowest BCUT2D eigenvalue weighted by atomic mass is 10.1. The number of nitrogens with one attached hydrogen (secondary N) is 1. The second-order valence-electron chi connectivity index (χ2n) is 5.92. The van der Waals surface area contributed by atoms with Crippen LogP contribution in [0, 0.1) is 0 Å². The summed E-state index contributed by atoms with van der Waals surface area (Å²) in [5.74, 6) is -0.312. The third kappa shape index (κ3) is 4.09. The third-order valence-electron chi connectivity index (χ3n) is 3.98. The van der Waals surface area contributed by atoms with E-state index in [1.807, 2.05) is 24.3 Å². The van der Waals surface area contributed by atoms with Gasteiger partial charge in [0.05, 0.1) is 5.39 Å². The van der Waals surface area contributed by atoms with E-state index in [1.165, 1.54) is 5.56 Å². The van der Waals surface area contributed by atoms with Gasteiger partial charge in [0.1, 0.15) is 12.1 Å². The zero-order chi connectivity index (χ0) is 17.6. The Kier molecular flexibility index (Phi) is 5.18. The largest absolute Gasteiger partial charge is 0.324 e. The van der Waals surface area contributed by atoms with E-state index in [0.29, 0.717) is 16.6 Å². The molecule has 6 nitrogen and oxygen atoms in total. The molecule has 0 spiro atoms. The van der Waals surface area contributed by atoms with E-state index in [2.05, 4.69) is 22.6 Å². The molecule has 25 heavy (non-hydrogen) atoms. The molecule has 6 heteroatoms. The highest BCUT2D eigenvalue weighted by Gasteiger charge is 2.09. The van der Waals surface area contributed by atoms with E-state index in [4.69, 9.17) is 0 Å². The standard InChI is InChI=1S/C19H20N4O2/c1-2-3-6-14-9-11-15(12-10-14)20-18(24)13-23-19(25)16-7-4-5-8-17(16)21-22-23/h4-5,7-12H,2-3,6,13H2,1H3,(H,20,24). The molecule has 1 aromatic heterocycles. The number of carbonyl (C=O) groups is 1. The SMILES string of the molecule is CCCCc1ccc(NC(=O)Cn2nnc3ccccc3c2=O)cc1. The van der Waals surface area contributed by atoms with Gasteiger partial charge in [-0.25, -0.2) is 4.68 Å². The molecule has 0 radical (unpaired) electrons. The van der Waals surface area contributed by atoms with Gasteiger partial charge >= 0.3 is 0 Å². The first kappa shape index (κ1) is 16.8. The fourth-order valence-corrected chi connectivity index (χ4v) is 2.60. The molecular weight excluding hydrogens is 316 g/mol. The van der Waals surface area contributed by atoms with Gasteiger partial charge in [0, 0.05) is 5.69 Å². The zero-order valence-electron chi connectivity index (χ0n) is 14.1. The number of aryl methyl sites for hydroxylation is 1. The number of amides is 1. The summed E-state index contributed by atoms with van der Waals surface area (Å²) in [7, 11) is 0. The molecule has 1 heterocycles. The van der Waals surface area contributed by atoms with Crippen LogP contribution < -0.4 is 10.9 Å². The molecule has 0 unspecified atom stereocenters. The van der Waals surface area contributed by atoms with Gasteiger partial charge in [0.25, 0.3) is 5.56 Å². The predicted octanol–water partition coefficient (Wildman–Crippen LogP) is 2.77. The maximum absolute atomic E-state index is 12.3. The van der Waals surface area contributed by atoms with Crippen LogP contribution in [0.3, 0.4) is 0 Å². The molecule has 0 fully saturated rings. The van der Waals surface area contributed by atoms with Crippen LogP contribution in [0.2, 0.25) is 0 Å². The van der Waals surface area contributed by atoms with Crippen molar-refractivity contribution in [1.29, 1.82) is 0 Å². The van der Waals surface area contributed by atoms with Gasteiger partial charge in [-0.3, -0.25) is 9.59 Å². The monoisotopic (exact) mass is 336 g/mol. The Balaban J connectivity index is 1.68. The normalized spacial score (nSPS) is 10.8. The topological polar surface area (TPSA) is 76.9 Å². The molecule has 1 amide bonds. The smallest absolute Gasteiger partial charge is 0.278 e. The van der Waals surface area contributed by atoms with Gasteiger partial charge in [-0.2, -0.15) is 0 Å². The summed E-state index contributed by atoms with van der Waals surface area (Å²) in [5, 5.41) is 11.0. The van der Waals surface area contributed by atoms with E-state index < -0.39 is 0 Å². The number of anilines is 1. The number of aromatic nitrogens is 3. The van der Waals surface area contributed by atoms with Gasteiger partial charge in [0.2, 0.25) is 5.91 Å². The summed E-state index contributed by atoms with van der Waals surface area (Å²) in [6, 6.07) is 14.7. The number of unbranched alkanes of at least 4 members (excludes halogenated alkanes) is 1. The highest BCUT2D eigenvalue weighted by Crippen LogP contribution is 2.12. The first-order valence-electron chi connectivity index (χ1n) is 8.38. The van der Waals surface area contributed by atoms with Gasteiger partial charge in [0.15, 0.2) is 0 Å². The minimum absolute atomic E-state index is 0.172. The minimum Gasteiger partial charge on any atom is -0.324 e. The van der Waals surface area contributed by atoms with E-state index in [9.17, 15) is 9.59 Å². The number of carbonyl (C=O) groups excluding carboxylic acids is 1. The minimum atomic E-state index is -0.323. The van der Waals surface area contributed by atoms with E-state index in [1.54, 1.807) is 24.3 Å². The number of rotatable bonds is 6. The molecule has 3 aromatic rings. The molecule has 0 aliphatic carbocycles. The van der Waals surface area contributed by atoms with Crippen LogP contribution in [0.15, 0.2) is 53.3 Å². The Morgan fingerprint density at radius 3 is 2.64 bits per heavy atom. The predicted molar refractivity (Wildman–Crippen MR) is 97.5 cm³/mol. The molecule has 0 saturated carbocycles. The van der Waals surface area contributed by atoms with Crippen LogP contribution in [0.1, 0.15) is 25.3 Å². The lowest BCUT2D eigenvalue weighted by Crippen LogP contribution is -2.30. The van der Waals surface area contributed by atoms with Crippen molar-refractivity contribution < 1.29 is 4.79 Å². The Hall–Kier alpha value is -3.02. The Labute approximate surface area is 145 Å². The maximum atomic E-state index is 12.3. The summed E-state index contributed by atoms with van der Waals surface area (Å²) in [6.45, 7) is 1.99. The number of fused-ring (bicyclic) bond motifs is 1. The molecule has 3 rings (SSSR count). The molecule has 1 N–H and O–H groups in total. The van der Waals surface area contributed by atoms with Crippen molar-refractivity contribution in [1.82, 2.24) is 15.0 Å². The van der Waals surface area contributed by atoms with Crippen molar-refractivity contribution in [2.24, 2.45) is 0 Å². The summed E-state index contributed by atoms with van der Waals surface area (Å²) in [6.07, 6.45) is 3.34. The van der Waals surface area contributed by atoms with Crippen molar-refractivity contribution >= 4 is 22.5 Å². The Morgan fingerprint density at radius 2 is 1.88 bits per heavy atom. The van der Waals surface area contributed by atoms with E-state index in [-0.39, 0.29) is 18.0 Å². The lowest BCUT2D eigenvalue weighted by Gasteiger charge is -2.08. The van der Waals surface area contributed by atoms with Crippen molar-refractivity contribution in [2.75, 3.05) is 5.32 Å². The number of nitrogens with zero attached hydrogens (tertiary/aromatic N) is 3. The van der Waals surface area contributed by atoms with Gasteiger partial charge in [-0.1, -0.05) is 42.8 Å². The van der Waals surface area contributed by atoms with Crippen molar-refractivity contribution in [3.63, 3.8) is 0 Å². The molecule has 2 aromatic carbocycles. The average Bonchev–Trinajstić information content (AvgIpc) is 2.64. The Bertz CT molecular complexity index is 932. The fourth-order valence-electron chi connectivity index (χ4n) is 2.60. The van der Waals surface area contributed by atoms with Gasteiger partial charge < -0.3 is 5.32 Å². The number of hydrogen-bond acceptors (Lipinski definition) is 4. The average molecular weight is 336 g/mol. The molecule has 0 atom stereocenters. The molecule has 0 aliphatic heterocycles. The van der Waals surface area contributed by atoms with E-state index in [0.717, 1.165) is 23.9 Å². The van der Waals surface area contributed by atoms with Crippen LogP contribution >= 0.6 is 0 Å². The van der Waals surface area contributed by atoms with Crippen molar-refractivity contribution in [2.45, 2.75) is 32.7 Å². The second kappa shape index (κ2) is 7.70. The summed E-state index contributed by atoms with van der Waals surface area (Å²) >= 11 is 0. The third-order valence-corrected chi connectivity index (χ3v) is 3.98. The van der Waals surface area contributed by atoms with Crippen LogP contribution in [-0.4, -0.2) is 20.9 Å². The second-order valence-corrected chi connectivity index (χ2v) is 5.92. The molecule has 0 saturated heterocycles. The zero-order valence-corrected chi connectivity index (χ0v) is 14.1. The van der Waals surface area contributed by atoms with Crippen molar-refractivity contribution in [3.8, 4) is 0 Å². The first-order chi connectivity index (χ1) is 12.2. The van der Waals surface area contributed by atoms with E-state index >= 15 is 0 Å². The van der Waals surface area contributed by atoms with Gasteiger partial charge in [-0.15, -0.1) is 5.10 Å². The molecular formula is C19H20N4O2. The van der Waals surface area contributed by atoms with Crippen LogP contribution in [0.25, 0.3) is 10.9 Å². The van der Waals surface area contributed by atoms with Crippen LogP contribution in [0.4, 0.5) is 5.69 Å². The quantitative estimate of drug-likeness (QED) is 0.751. The summed E-state index contributed by atoms with van der Waals surface area (Å²) in [5.41, 5.74) is 2.14. The Morgan fingerprint density at radius 1 is 1.12 bits per heavy atom. The number of hydrogen-bond donors (Lipinski definition) is 1. The van der Waals surface area contributed by atoms with Crippen molar-refractivity contribution in [3.05, 3.63) is 64.4 Å². The lowest BCUT2D eigenvalue weighted by molar-refractivity contribution is -0.117. The summed E-state index contributed by atoms with van der Waals surface area (Å²) < 4.78 is 1.08. The highest BCUT2D eigenvalue weighted by atomic mass is 16.2. The maximum Gasteiger partial charge on any atom is 0.278 e.